The zero-order valence-corrected chi connectivity index (χ0v) is 28.4. The number of benzene rings is 3. The Kier molecular flexibility index (Phi) is 19.6. The molecule has 0 amide bonds. The molecule has 0 fully saturated rings. The molecule has 3 aromatic carbocycles. The van der Waals surface area contributed by atoms with Crippen LogP contribution in [0.15, 0.2) is 91.0 Å². The molecule has 1 atom stereocenters. The molecule has 0 aromatic heterocycles. The summed E-state index contributed by atoms with van der Waals surface area (Å²) in [7, 11) is 0. The van der Waals surface area contributed by atoms with Gasteiger partial charge in [0.2, 0.25) is 0 Å². The van der Waals surface area contributed by atoms with E-state index in [4.69, 9.17) is 9.47 Å². The fourth-order valence-electron chi connectivity index (χ4n) is 6.36. The van der Waals surface area contributed by atoms with Gasteiger partial charge in [0.1, 0.15) is 11.7 Å². The van der Waals surface area contributed by atoms with Crippen LogP contribution in [0.3, 0.4) is 0 Å². The molecule has 0 saturated heterocycles. The number of aliphatic hydroxyl groups is 1. The Hall–Kier alpha value is -2.46. The van der Waals surface area contributed by atoms with Gasteiger partial charge in [-0.3, -0.25) is 0 Å². The van der Waals surface area contributed by atoms with Crippen molar-refractivity contribution in [2.45, 2.75) is 134 Å². The second-order valence-corrected chi connectivity index (χ2v) is 12.8. The minimum absolute atomic E-state index is 0.178. The average Bonchev–Trinajstić information content (AvgIpc) is 3.09. The van der Waals surface area contributed by atoms with E-state index < -0.39 is 11.7 Å². The van der Waals surface area contributed by atoms with Gasteiger partial charge in [-0.15, -0.1) is 0 Å². The summed E-state index contributed by atoms with van der Waals surface area (Å²) < 4.78 is 12.6. The molecule has 3 heteroatoms. The normalized spacial score (nSPS) is 12.4. The van der Waals surface area contributed by atoms with E-state index in [2.05, 4.69) is 43.3 Å². The highest BCUT2D eigenvalue weighted by Gasteiger charge is 2.38. The van der Waals surface area contributed by atoms with Crippen molar-refractivity contribution in [1.82, 2.24) is 0 Å². The molecule has 3 rings (SSSR count). The van der Waals surface area contributed by atoms with Gasteiger partial charge < -0.3 is 14.6 Å². The summed E-state index contributed by atoms with van der Waals surface area (Å²) in [4.78, 5) is 0. The van der Waals surface area contributed by atoms with Crippen molar-refractivity contribution in [3.05, 3.63) is 108 Å². The number of hydrogen-bond donors (Lipinski definition) is 1. The Morgan fingerprint density at radius 3 is 1.16 bits per heavy atom. The summed E-state index contributed by atoms with van der Waals surface area (Å²) in [6, 6.07) is 30.9. The van der Waals surface area contributed by atoms with Gasteiger partial charge in [-0.05, 0) is 23.1 Å². The summed E-state index contributed by atoms with van der Waals surface area (Å²) in [5, 5.41) is 10.9. The maximum atomic E-state index is 10.9. The minimum atomic E-state index is -0.821. The van der Waals surface area contributed by atoms with E-state index in [9.17, 15) is 5.11 Å². The third kappa shape index (κ3) is 14.2. The summed E-state index contributed by atoms with van der Waals surface area (Å²) in [6.07, 6.45) is 24.0. The van der Waals surface area contributed by atoms with E-state index in [1.54, 1.807) is 0 Å². The molecule has 0 aliphatic heterocycles. The van der Waals surface area contributed by atoms with Gasteiger partial charge in [0.15, 0.2) is 0 Å². The van der Waals surface area contributed by atoms with Gasteiger partial charge >= 0.3 is 0 Å². The van der Waals surface area contributed by atoms with Crippen molar-refractivity contribution in [2.75, 3.05) is 19.8 Å². The van der Waals surface area contributed by atoms with Gasteiger partial charge in [-0.1, -0.05) is 207 Å². The van der Waals surface area contributed by atoms with Gasteiger partial charge in [0, 0.05) is 6.61 Å². The topological polar surface area (TPSA) is 38.7 Å². The highest BCUT2D eigenvalue weighted by atomic mass is 16.5. The van der Waals surface area contributed by atoms with Crippen molar-refractivity contribution in [1.29, 1.82) is 0 Å². The number of rotatable bonds is 27. The van der Waals surface area contributed by atoms with E-state index in [1.165, 1.54) is 109 Å². The predicted octanol–water partition coefficient (Wildman–Crippen LogP) is 11.4. The first-order valence-electron chi connectivity index (χ1n) is 18.3. The molecule has 0 bridgehead atoms. The van der Waals surface area contributed by atoms with Crippen molar-refractivity contribution in [2.24, 2.45) is 0 Å². The fraction of sp³-hybridized carbons (Fsp3) is 0.571. The second kappa shape index (κ2) is 23.8. The molecule has 248 valence electrons. The second-order valence-electron chi connectivity index (χ2n) is 12.8. The van der Waals surface area contributed by atoms with Crippen LogP contribution in [0, 0.1) is 0 Å². The van der Waals surface area contributed by atoms with Crippen molar-refractivity contribution >= 4 is 0 Å². The van der Waals surface area contributed by atoms with Gasteiger partial charge in [-0.2, -0.15) is 0 Å². The standard InChI is InChI=1S/C42H62O3/c1-2-3-4-5-6-7-8-9-10-11-12-13-14-15-16-17-18-28-35-44-36-41(43)37-45-42(38-29-22-19-23-30-38,39-31-24-20-25-32-39)40-33-26-21-27-34-40/h19-27,29-34,41,43H,2-18,28,35-37H2,1H3/t41-/m1/s1. The Morgan fingerprint density at radius 1 is 0.467 bits per heavy atom. The fourth-order valence-corrected chi connectivity index (χ4v) is 6.36. The first-order valence-corrected chi connectivity index (χ1v) is 18.3. The van der Waals surface area contributed by atoms with Crippen molar-refractivity contribution in [3.8, 4) is 0 Å². The van der Waals surface area contributed by atoms with Crippen molar-refractivity contribution in [3.63, 3.8) is 0 Å². The van der Waals surface area contributed by atoms with E-state index in [0.29, 0.717) is 6.61 Å². The molecular formula is C42H62O3. The number of hydrogen-bond acceptors (Lipinski definition) is 3. The molecule has 0 heterocycles. The van der Waals surface area contributed by atoms with Crippen LogP contribution >= 0.6 is 0 Å². The maximum Gasteiger partial charge on any atom is 0.143 e. The lowest BCUT2D eigenvalue weighted by molar-refractivity contribution is -0.0641. The lowest BCUT2D eigenvalue weighted by Gasteiger charge is -2.36. The predicted molar refractivity (Wildman–Crippen MR) is 191 cm³/mol. The minimum Gasteiger partial charge on any atom is -0.388 e. The molecule has 45 heavy (non-hydrogen) atoms. The van der Waals surface area contributed by atoms with E-state index in [0.717, 1.165) is 23.1 Å². The first-order chi connectivity index (χ1) is 22.3. The molecule has 0 aliphatic carbocycles. The van der Waals surface area contributed by atoms with Crippen LogP contribution in [0.4, 0.5) is 0 Å². The van der Waals surface area contributed by atoms with Crippen LogP contribution < -0.4 is 0 Å². The zero-order chi connectivity index (χ0) is 31.7. The lowest BCUT2D eigenvalue weighted by Crippen LogP contribution is -2.36. The molecule has 0 aliphatic rings. The van der Waals surface area contributed by atoms with E-state index in [-0.39, 0.29) is 13.2 Å². The molecule has 3 aromatic rings. The molecular weight excluding hydrogens is 552 g/mol. The Balaban J connectivity index is 1.25. The number of unbranched alkanes of at least 4 members (excludes halogenated alkanes) is 17. The highest BCUT2D eigenvalue weighted by Crippen LogP contribution is 2.40. The van der Waals surface area contributed by atoms with Crippen LogP contribution in [0.1, 0.15) is 139 Å². The summed E-state index contributed by atoms with van der Waals surface area (Å²) in [6.45, 7) is 3.45. The monoisotopic (exact) mass is 614 g/mol. The molecule has 0 unspecified atom stereocenters. The molecule has 0 radical (unpaired) electrons. The first kappa shape index (κ1) is 37.0. The van der Waals surface area contributed by atoms with Crippen LogP contribution in [-0.4, -0.2) is 31.0 Å². The molecule has 3 nitrogen and oxygen atoms in total. The largest absolute Gasteiger partial charge is 0.388 e. The van der Waals surface area contributed by atoms with Crippen LogP contribution in [0.2, 0.25) is 0 Å². The Bertz CT molecular complexity index is 972. The Morgan fingerprint density at radius 2 is 0.800 bits per heavy atom. The summed E-state index contributed by atoms with van der Waals surface area (Å²) >= 11 is 0. The maximum absolute atomic E-state index is 10.9. The van der Waals surface area contributed by atoms with Crippen LogP contribution in [0.25, 0.3) is 0 Å². The number of aliphatic hydroxyl groups excluding tert-OH is 1. The lowest BCUT2D eigenvalue weighted by atomic mass is 9.80. The van der Waals surface area contributed by atoms with Gasteiger partial charge in [0.25, 0.3) is 0 Å². The molecule has 1 N–H and O–H groups in total. The zero-order valence-electron chi connectivity index (χ0n) is 28.4. The smallest absolute Gasteiger partial charge is 0.143 e. The van der Waals surface area contributed by atoms with Gasteiger partial charge in [0.05, 0.1) is 13.2 Å². The SMILES string of the molecule is CCCCCCCCCCCCCCCCCCCCOC[C@@H](O)COC(c1ccccc1)(c1ccccc1)c1ccccc1. The third-order valence-corrected chi connectivity index (χ3v) is 8.99. The van der Waals surface area contributed by atoms with E-state index in [1.807, 2.05) is 54.6 Å². The summed E-state index contributed by atoms with van der Waals surface area (Å²) in [5.41, 5.74) is 2.29. The van der Waals surface area contributed by atoms with Crippen LogP contribution in [0.5, 0.6) is 0 Å². The number of ether oxygens (including phenoxy) is 2. The molecule has 0 spiro atoms. The highest BCUT2D eigenvalue weighted by molar-refractivity contribution is 5.47. The van der Waals surface area contributed by atoms with Crippen molar-refractivity contribution < 1.29 is 14.6 Å². The van der Waals surface area contributed by atoms with Gasteiger partial charge in [-0.25, -0.2) is 0 Å². The quantitative estimate of drug-likeness (QED) is 0.0686. The van der Waals surface area contributed by atoms with E-state index >= 15 is 0 Å². The average molecular weight is 615 g/mol. The molecule has 0 saturated carbocycles. The summed E-state index contributed by atoms with van der Waals surface area (Å²) in [5.74, 6) is 0. The van der Waals surface area contributed by atoms with Crippen LogP contribution in [-0.2, 0) is 15.1 Å². The third-order valence-electron chi connectivity index (χ3n) is 8.99. The Labute approximate surface area is 275 Å².